The number of rotatable bonds is 4. The Kier molecular flexibility index (Phi) is 4.10. The van der Waals surface area contributed by atoms with Gasteiger partial charge in [0.2, 0.25) is 0 Å². The molecule has 0 amide bonds. The monoisotopic (exact) mass is 252 g/mol. The molecule has 96 valence electrons. The van der Waals surface area contributed by atoms with Gasteiger partial charge in [-0.2, -0.15) is 0 Å². The molecular weight excluding hydrogens is 236 g/mol. The SMILES string of the molecule is C#CC(C)c1ccc(OCc2ccccc2)cc1O. The van der Waals surface area contributed by atoms with Gasteiger partial charge in [0, 0.05) is 17.5 Å². The van der Waals surface area contributed by atoms with Crippen molar-refractivity contribution in [3.63, 3.8) is 0 Å². The van der Waals surface area contributed by atoms with Crippen molar-refractivity contribution in [3.05, 3.63) is 59.7 Å². The summed E-state index contributed by atoms with van der Waals surface area (Å²) < 4.78 is 5.63. The number of benzene rings is 2. The molecule has 1 atom stereocenters. The fourth-order valence-corrected chi connectivity index (χ4v) is 1.81. The van der Waals surface area contributed by atoms with Crippen molar-refractivity contribution < 1.29 is 9.84 Å². The molecule has 0 saturated heterocycles. The third-order valence-electron chi connectivity index (χ3n) is 2.97. The zero-order chi connectivity index (χ0) is 13.7. The molecule has 0 heterocycles. The maximum Gasteiger partial charge on any atom is 0.123 e. The van der Waals surface area contributed by atoms with Crippen LogP contribution in [0.15, 0.2) is 48.5 Å². The van der Waals surface area contributed by atoms with Crippen molar-refractivity contribution in [2.24, 2.45) is 0 Å². The van der Waals surface area contributed by atoms with E-state index < -0.39 is 0 Å². The summed E-state index contributed by atoms with van der Waals surface area (Å²) in [7, 11) is 0. The number of terminal acetylenes is 1. The fraction of sp³-hybridized carbons (Fsp3) is 0.176. The quantitative estimate of drug-likeness (QED) is 0.840. The number of phenolic OH excluding ortho intramolecular Hbond substituents is 1. The van der Waals surface area contributed by atoms with E-state index in [1.54, 1.807) is 12.1 Å². The van der Waals surface area contributed by atoms with Crippen LogP contribution in [0.4, 0.5) is 0 Å². The van der Waals surface area contributed by atoms with Gasteiger partial charge in [0.15, 0.2) is 0 Å². The molecule has 19 heavy (non-hydrogen) atoms. The number of phenols is 1. The fourth-order valence-electron chi connectivity index (χ4n) is 1.81. The molecule has 2 nitrogen and oxygen atoms in total. The highest BCUT2D eigenvalue weighted by Gasteiger charge is 2.08. The normalized spacial score (nSPS) is 11.6. The van der Waals surface area contributed by atoms with Crippen molar-refractivity contribution in [1.82, 2.24) is 0 Å². The van der Waals surface area contributed by atoms with E-state index >= 15 is 0 Å². The van der Waals surface area contributed by atoms with E-state index in [1.165, 1.54) is 0 Å². The Bertz CT molecular complexity index is 582. The van der Waals surface area contributed by atoms with E-state index in [4.69, 9.17) is 11.2 Å². The maximum absolute atomic E-state index is 9.91. The minimum absolute atomic E-state index is 0.108. The molecule has 1 N–H and O–H groups in total. The molecule has 1 unspecified atom stereocenters. The van der Waals surface area contributed by atoms with Gasteiger partial charge < -0.3 is 9.84 Å². The lowest BCUT2D eigenvalue weighted by Crippen LogP contribution is -1.96. The van der Waals surface area contributed by atoms with Crippen molar-refractivity contribution >= 4 is 0 Å². The molecule has 0 aliphatic heterocycles. The van der Waals surface area contributed by atoms with Crippen LogP contribution in [0, 0.1) is 12.3 Å². The van der Waals surface area contributed by atoms with Crippen LogP contribution in [0.2, 0.25) is 0 Å². The van der Waals surface area contributed by atoms with Crippen LogP contribution in [0.3, 0.4) is 0 Å². The molecule has 0 aliphatic carbocycles. The third kappa shape index (κ3) is 3.29. The number of ether oxygens (including phenoxy) is 1. The number of aromatic hydroxyl groups is 1. The first-order valence-corrected chi connectivity index (χ1v) is 6.16. The zero-order valence-electron chi connectivity index (χ0n) is 10.8. The second-order valence-corrected chi connectivity index (χ2v) is 4.38. The standard InChI is InChI=1S/C17H16O2/c1-3-13(2)16-10-9-15(11-17(16)18)19-12-14-7-5-4-6-8-14/h1,4-11,13,18H,12H2,2H3. The summed E-state index contributed by atoms with van der Waals surface area (Å²) in [5.74, 6) is 3.30. The third-order valence-corrected chi connectivity index (χ3v) is 2.97. The second kappa shape index (κ2) is 5.97. The van der Waals surface area contributed by atoms with E-state index in [1.807, 2.05) is 43.3 Å². The van der Waals surface area contributed by atoms with Crippen LogP contribution in [0.5, 0.6) is 11.5 Å². The molecule has 0 bridgehead atoms. The predicted molar refractivity (Wildman–Crippen MR) is 76.1 cm³/mol. The van der Waals surface area contributed by atoms with Crippen LogP contribution < -0.4 is 4.74 Å². The van der Waals surface area contributed by atoms with Crippen LogP contribution in [0.1, 0.15) is 24.0 Å². The Balaban J connectivity index is 2.07. The summed E-state index contributed by atoms with van der Waals surface area (Å²) >= 11 is 0. The van der Waals surface area contributed by atoms with Crippen LogP contribution in [-0.2, 0) is 6.61 Å². The Hall–Kier alpha value is -2.40. The van der Waals surface area contributed by atoms with Crippen molar-refractivity contribution in [3.8, 4) is 23.8 Å². The first-order valence-electron chi connectivity index (χ1n) is 6.16. The van der Waals surface area contributed by atoms with Crippen LogP contribution in [-0.4, -0.2) is 5.11 Å². The van der Waals surface area contributed by atoms with E-state index in [9.17, 15) is 5.11 Å². The zero-order valence-corrected chi connectivity index (χ0v) is 10.8. The second-order valence-electron chi connectivity index (χ2n) is 4.38. The maximum atomic E-state index is 9.91. The van der Waals surface area contributed by atoms with E-state index in [-0.39, 0.29) is 11.7 Å². The highest BCUT2D eigenvalue weighted by Crippen LogP contribution is 2.29. The average molecular weight is 252 g/mol. The highest BCUT2D eigenvalue weighted by molar-refractivity contribution is 5.43. The van der Waals surface area contributed by atoms with Gasteiger partial charge in [-0.05, 0) is 18.6 Å². The van der Waals surface area contributed by atoms with E-state index in [0.717, 1.165) is 11.1 Å². The van der Waals surface area contributed by atoms with E-state index in [2.05, 4.69) is 5.92 Å². The Labute approximate surface area is 113 Å². The highest BCUT2D eigenvalue weighted by atomic mass is 16.5. The smallest absolute Gasteiger partial charge is 0.123 e. The van der Waals surface area contributed by atoms with E-state index in [0.29, 0.717) is 12.4 Å². The number of hydrogen-bond donors (Lipinski definition) is 1. The predicted octanol–water partition coefficient (Wildman–Crippen LogP) is 3.71. The van der Waals surface area contributed by atoms with Gasteiger partial charge >= 0.3 is 0 Å². The summed E-state index contributed by atoms with van der Waals surface area (Å²) in [5.41, 5.74) is 1.83. The lowest BCUT2D eigenvalue weighted by atomic mass is 10.0. The molecule has 0 radical (unpaired) electrons. The lowest BCUT2D eigenvalue weighted by molar-refractivity contribution is 0.304. The van der Waals surface area contributed by atoms with Gasteiger partial charge in [-0.15, -0.1) is 6.42 Å². The Morgan fingerprint density at radius 1 is 1.21 bits per heavy atom. The van der Waals surface area contributed by atoms with Gasteiger partial charge in [0.25, 0.3) is 0 Å². The van der Waals surface area contributed by atoms with Gasteiger partial charge in [0.05, 0.1) is 0 Å². The van der Waals surface area contributed by atoms with Gasteiger partial charge in [-0.1, -0.05) is 42.3 Å². The molecular formula is C17H16O2. The van der Waals surface area contributed by atoms with Crippen molar-refractivity contribution in [2.75, 3.05) is 0 Å². The summed E-state index contributed by atoms with van der Waals surface area (Å²) in [5, 5.41) is 9.91. The summed E-state index contributed by atoms with van der Waals surface area (Å²) in [6.07, 6.45) is 5.35. The first-order chi connectivity index (χ1) is 9.20. The van der Waals surface area contributed by atoms with Crippen LogP contribution >= 0.6 is 0 Å². The largest absolute Gasteiger partial charge is 0.507 e. The van der Waals surface area contributed by atoms with Gasteiger partial charge in [0.1, 0.15) is 18.1 Å². The Morgan fingerprint density at radius 3 is 2.58 bits per heavy atom. The summed E-state index contributed by atoms with van der Waals surface area (Å²) in [4.78, 5) is 0. The average Bonchev–Trinajstić information content (AvgIpc) is 2.45. The molecule has 0 saturated carbocycles. The first kappa shape index (κ1) is 13.0. The molecule has 0 spiro atoms. The molecule has 2 aromatic rings. The number of hydrogen-bond acceptors (Lipinski definition) is 2. The van der Waals surface area contributed by atoms with Gasteiger partial charge in [-0.3, -0.25) is 0 Å². The molecule has 2 aromatic carbocycles. The molecule has 0 aliphatic rings. The summed E-state index contributed by atoms with van der Waals surface area (Å²) in [6.45, 7) is 2.35. The topological polar surface area (TPSA) is 29.5 Å². The minimum Gasteiger partial charge on any atom is -0.507 e. The minimum atomic E-state index is -0.108. The molecule has 2 heteroatoms. The summed E-state index contributed by atoms with van der Waals surface area (Å²) in [6, 6.07) is 15.1. The van der Waals surface area contributed by atoms with Crippen molar-refractivity contribution in [1.29, 1.82) is 0 Å². The van der Waals surface area contributed by atoms with Crippen LogP contribution in [0.25, 0.3) is 0 Å². The van der Waals surface area contributed by atoms with Gasteiger partial charge in [-0.25, -0.2) is 0 Å². The Morgan fingerprint density at radius 2 is 1.95 bits per heavy atom. The lowest BCUT2D eigenvalue weighted by Gasteiger charge is -2.11. The molecule has 2 rings (SSSR count). The molecule has 0 fully saturated rings. The molecule has 0 aromatic heterocycles. The van der Waals surface area contributed by atoms with Crippen molar-refractivity contribution in [2.45, 2.75) is 19.4 Å².